The van der Waals surface area contributed by atoms with Crippen molar-refractivity contribution in [2.75, 3.05) is 7.11 Å². The van der Waals surface area contributed by atoms with Crippen molar-refractivity contribution in [3.63, 3.8) is 0 Å². The number of ether oxygens (including phenoxy) is 1. The van der Waals surface area contributed by atoms with Gasteiger partial charge in [0, 0.05) is 62.2 Å². The van der Waals surface area contributed by atoms with E-state index in [4.69, 9.17) is 0 Å². The van der Waals surface area contributed by atoms with Crippen LogP contribution in [-0.2, 0) is 30.9 Å². The van der Waals surface area contributed by atoms with Gasteiger partial charge >= 0.3 is 28.7 Å². The highest BCUT2D eigenvalue weighted by Crippen LogP contribution is 2.20. The van der Waals surface area contributed by atoms with E-state index in [-0.39, 0.29) is 50.7 Å². The summed E-state index contributed by atoms with van der Waals surface area (Å²) in [6.45, 7) is 11.9. The Balaban J connectivity index is 0.000000132. The number of aromatic nitrogens is 8. The third kappa shape index (κ3) is 11.9. The molecule has 0 saturated carbocycles. The number of rotatable bonds is 9. The van der Waals surface area contributed by atoms with Crippen molar-refractivity contribution in [2.45, 2.75) is 67.7 Å². The van der Waals surface area contributed by atoms with Gasteiger partial charge in [0.15, 0.2) is 0 Å². The fourth-order valence-electron chi connectivity index (χ4n) is 9.05. The molecule has 18 nitrogen and oxygen atoms in total. The third-order valence-corrected chi connectivity index (χ3v) is 17.7. The minimum atomic E-state index is -0.528. The summed E-state index contributed by atoms with van der Waals surface area (Å²) in [6.07, 6.45) is 6.70. The number of carbonyl (C=O) groups is 1. The quantitative estimate of drug-likeness (QED) is 0.128. The number of esters is 1. The molecular weight excluding hydrogens is 1120 g/mol. The SMILES string of the molecule is COC(=O)c1cn2c(=O)n(Cc3ccccc3)c(=O)c(C)c2s1.Cc1c(=O)n(Cc2ccccc2)c(=O)n2ccsc12.Cc1cn2c(=O)n(Cc3ccccc3)c(=O)c(C)c2s1.Cc1cn2c(=O)n(Cc3ccccc3)c(=O)c(C)c2s1. The van der Waals surface area contributed by atoms with Gasteiger partial charge < -0.3 is 4.74 Å². The van der Waals surface area contributed by atoms with Crippen molar-refractivity contribution in [1.82, 2.24) is 35.9 Å². The molecular formula is C60H54N8O10S4. The Bertz CT molecular complexity index is 4690. The first-order chi connectivity index (χ1) is 39.4. The molecule has 0 aliphatic rings. The summed E-state index contributed by atoms with van der Waals surface area (Å²) < 4.78 is 15.7. The molecule has 0 fully saturated rings. The smallest absolute Gasteiger partial charge is 0.349 e. The van der Waals surface area contributed by atoms with E-state index in [2.05, 4.69) is 4.74 Å². The Kier molecular flexibility index (Phi) is 17.4. The van der Waals surface area contributed by atoms with E-state index in [1.807, 2.05) is 141 Å². The maximum Gasteiger partial charge on any atom is 0.349 e. The molecule has 0 spiro atoms. The van der Waals surface area contributed by atoms with Crippen molar-refractivity contribution in [3.05, 3.63) is 294 Å². The van der Waals surface area contributed by atoms with E-state index in [0.29, 0.717) is 46.7 Å². The van der Waals surface area contributed by atoms with Crippen LogP contribution in [0.3, 0.4) is 0 Å². The van der Waals surface area contributed by atoms with Gasteiger partial charge in [0.25, 0.3) is 22.2 Å². The lowest BCUT2D eigenvalue weighted by Crippen LogP contribution is -2.38. The second-order valence-corrected chi connectivity index (χ2v) is 23.4. The van der Waals surface area contributed by atoms with Crippen molar-refractivity contribution in [2.24, 2.45) is 0 Å². The zero-order valence-corrected chi connectivity index (χ0v) is 48.8. The highest BCUT2D eigenvalue weighted by Gasteiger charge is 2.19. The van der Waals surface area contributed by atoms with E-state index >= 15 is 0 Å². The number of methoxy groups -OCH3 is 1. The van der Waals surface area contributed by atoms with Crippen LogP contribution in [0.15, 0.2) is 190 Å². The number of hydrogen-bond donors (Lipinski definition) is 0. The van der Waals surface area contributed by atoms with Gasteiger partial charge in [-0.3, -0.25) is 55.0 Å². The number of thiazole rings is 4. The maximum atomic E-state index is 12.6. The van der Waals surface area contributed by atoms with Crippen LogP contribution in [0.5, 0.6) is 0 Å². The fraction of sp³-hybridized carbons (Fsp3) is 0.183. The lowest BCUT2D eigenvalue weighted by molar-refractivity contribution is 0.0605. The predicted molar refractivity (Wildman–Crippen MR) is 325 cm³/mol. The zero-order valence-electron chi connectivity index (χ0n) is 45.6. The highest BCUT2D eigenvalue weighted by molar-refractivity contribution is 7.19. The molecule has 0 amide bonds. The maximum absolute atomic E-state index is 12.6. The standard InChI is InChI=1S/C16H14N2O4S.2C15H14N2O2S.C14H12N2O2S/c1-10-13(19)17(8-11-6-4-3-5-7-11)16(21)18-9-12(15(20)22-2)23-14(10)18;2*1-10-8-17-14(20-10)11(2)13(18)16(15(17)19)9-12-6-4-3-5-7-12;1-10-12(17)16(9-11-5-3-2-4-6-11)14(18)15-7-8-19-13(10)15/h3-7,9H,8H2,1-2H3;2*3-8H,9H2,1-2H3;2-8H,9H2,1H3. The second kappa shape index (κ2) is 24.7. The molecule has 0 atom stereocenters. The van der Waals surface area contributed by atoms with Gasteiger partial charge in [0.05, 0.1) is 33.3 Å². The fourth-order valence-corrected chi connectivity index (χ4v) is 12.7. The first-order valence-electron chi connectivity index (χ1n) is 25.5. The van der Waals surface area contributed by atoms with Gasteiger partial charge in [0.1, 0.15) is 24.2 Å². The Morgan fingerprint density at radius 2 is 0.683 bits per heavy atom. The first kappa shape index (κ1) is 57.6. The average Bonchev–Trinajstić information content (AvgIpc) is 3.96. The van der Waals surface area contributed by atoms with E-state index < -0.39 is 11.7 Å². The monoisotopic (exact) mass is 1170 g/mol. The summed E-state index contributed by atoms with van der Waals surface area (Å²) in [5.74, 6) is -0.528. The number of nitrogens with zero attached hydrogens (tertiary/aromatic N) is 8. The minimum Gasteiger partial charge on any atom is -0.465 e. The molecule has 4 aromatic carbocycles. The molecule has 0 radical (unpaired) electrons. The van der Waals surface area contributed by atoms with E-state index in [0.717, 1.165) is 57.8 Å². The van der Waals surface area contributed by atoms with Gasteiger partial charge in [-0.15, -0.1) is 45.3 Å². The first-order valence-corrected chi connectivity index (χ1v) is 28.8. The van der Waals surface area contributed by atoms with Gasteiger partial charge in [-0.05, 0) is 63.8 Å². The molecule has 0 unspecified atom stereocenters. The number of benzene rings is 4. The number of carbonyl (C=O) groups excluding carboxylic acids is 1. The van der Waals surface area contributed by atoms with E-state index in [1.54, 1.807) is 55.1 Å². The van der Waals surface area contributed by atoms with Crippen LogP contribution in [0, 0.1) is 41.5 Å². The van der Waals surface area contributed by atoms with Crippen molar-refractivity contribution < 1.29 is 9.53 Å². The molecule has 12 aromatic rings. The Morgan fingerprint density at radius 3 is 1.01 bits per heavy atom. The lowest BCUT2D eigenvalue weighted by Gasteiger charge is -2.07. The van der Waals surface area contributed by atoms with Crippen molar-refractivity contribution >= 4 is 70.6 Å². The molecule has 12 rings (SSSR count). The minimum absolute atomic E-state index is 0.186. The molecule has 0 N–H and O–H groups in total. The van der Waals surface area contributed by atoms with Crippen LogP contribution in [0.25, 0.3) is 19.3 Å². The van der Waals surface area contributed by atoms with Crippen LogP contribution < -0.4 is 45.0 Å². The molecule has 82 heavy (non-hydrogen) atoms. The Morgan fingerprint density at radius 1 is 0.390 bits per heavy atom. The van der Waals surface area contributed by atoms with Crippen LogP contribution in [-0.4, -0.2) is 49.0 Å². The summed E-state index contributed by atoms with van der Waals surface area (Å²) in [5.41, 5.74) is 3.70. The van der Waals surface area contributed by atoms with Crippen LogP contribution >= 0.6 is 45.3 Å². The van der Waals surface area contributed by atoms with Gasteiger partial charge in [0.2, 0.25) is 0 Å². The molecule has 22 heteroatoms. The molecule has 0 aliphatic carbocycles. The zero-order chi connectivity index (χ0) is 58.5. The van der Waals surface area contributed by atoms with E-state index in [9.17, 15) is 43.2 Å². The summed E-state index contributed by atoms with van der Waals surface area (Å²) >= 11 is 5.43. The highest BCUT2D eigenvalue weighted by atomic mass is 32.1. The molecule has 8 heterocycles. The summed E-state index contributed by atoms with van der Waals surface area (Å²) in [7, 11) is 1.27. The molecule has 0 saturated heterocycles. The Labute approximate surface area is 482 Å². The topological polar surface area (TPSA) is 200 Å². The van der Waals surface area contributed by atoms with Gasteiger partial charge in [-0.1, -0.05) is 121 Å². The van der Waals surface area contributed by atoms with Crippen LogP contribution in [0.4, 0.5) is 0 Å². The summed E-state index contributed by atoms with van der Waals surface area (Å²) in [5, 5.41) is 1.82. The molecule has 418 valence electrons. The molecule has 0 bridgehead atoms. The Hall–Kier alpha value is -9.09. The van der Waals surface area contributed by atoms with Crippen LogP contribution in [0.1, 0.15) is 63.9 Å². The summed E-state index contributed by atoms with van der Waals surface area (Å²) in [6, 6.07) is 37.9. The second-order valence-electron chi connectivity index (χ2n) is 19.0. The van der Waals surface area contributed by atoms with E-state index in [1.165, 1.54) is 74.4 Å². The number of fused-ring (bicyclic) bond motifs is 4. The number of aryl methyl sites for hydroxylation is 6. The van der Waals surface area contributed by atoms with Crippen molar-refractivity contribution in [1.29, 1.82) is 0 Å². The van der Waals surface area contributed by atoms with Gasteiger partial charge in [-0.25, -0.2) is 24.0 Å². The molecule has 0 aliphatic heterocycles. The predicted octanol–water partition coefficient (Wildman–Crippen LogP) is 7.92. The summed E-state index contributed by atoms with van der Waals surface area (Å²) in [4.78, 5) is 116. The van der Waals surface area contributed by atoms with Crippen molar-refractivity contribution in [3.8, 4) is 0 Å². The lowest BCUT2D eigenvalue weighted by atomic mass is 10.2. The van der Waals surface area contributed by atoms with Crippen LogP contribution in [0.2, 0.25) is 0 Å². The average molecular weight is 1180 g/mol. The normalized spacial score (nSPS) is 11.0. The third-order valence-electron chi connectivity index (χ3n) is 13.3. The number of hydrogen-bond acceptors (Lipinski definition) is 14. The van der Waals surface area contributed by atoms with Gasteiger partial charge in [-0.2, -0.15) is 0 Å². The molecule has 8 aromatic heterocycles. The largest absolute Gasteiger partial charge is 0.465 e.